The third-order valence-electron chi connectivity index (χ3n) is 3.95. The number of nitrogens with zero attached hydrogens (tertiary/aromatic N) is 3. The molecule has 1 aromatic heterocycles. The SMILES string of the molecule is COC[C@@H]1CN(Cc2ccc(Cl)c(F)c2)Cc2cncn2C1. The molecule has 0 amide bonds. The summed E-state index contributed by atoms with van der Waals surface area (Å²) in [5, 5.41) is 0.162. The lowest BCUT2D eigenvalue weighted by atomic mass is 10.1. The van der Waals surface area contributed by atoms with Gasteiger partial charge in [-0.3, -0.25) is 4.90 Å². The second-order valence-electron chi connectivity index (χ2n) is 5.78. The highest BCUT2D eigenvalue weighted by molar-refractivity contribution is 6.30. The highest BCUT2D eigenvalue weighted by Gasteiger charge is 2.22. The van der Waals surface area contributed by atoms with Crippen molar-refractivity contribution in [3.8, 4) is 0 Å². The minimum Gasteiger partial charge on any atom is -0.384 e. The van der Waals surface area contributed by atoms with Crippen LogP contribution in [-0.4, -0.2) is 34.7 Å². The van der Waals surface area contributed by atoms with Crippen LogP contribution in [0.3, 0.4) is 0 Å². The number of fused-ring (bicyclic) bond motifs is 1. The Morgan fingerprint density at radius 1 is 1.41 bits per heavy atom. The van der Waals surface area contributed by atoms with Crippen LogP contribution in [0.15, 0.2) is 30.7 Å². The number of benzene rings is 1. The van der Waals surface area contributed by atoms with Crippen LogP contribution in [-0.2, 0) is 24.4 Å². The summed E-state index contributed by atoms with van der Waals surface area (Å²) in [5.41, 5.74) is 2.10. The van der Waals surface area contributed by atoms with E-state index in [1.54, 1.807) is 13.2 Å². The van der Waals surface area contributed by atoms with E-state index >= 15 is 0 Å². The Hall–Kier alpha value is -1.43. The minimum absolute atomic E-state index is 0.162. The molecule has 2 heterocycles. The van der Waals surface area contributed by atoms with Gasteiger partial charge in [0.2, 0.25) is 0 Å². The van der Waals surface area contributed by atoms with Gasteiger partial charge in [-0.1, -0.05) is 17.7 Å². The lowest BCUT2D eigenvalue weighted by Gasteiger charge is -2.23. The maximum Gasteiger partial charge on any atom is 0.142 e. The second kappa shape index (κ2) is 6.77. The van der Waals surface area contributed by atoms with Gasteiger partial charge < -0.3 is 9.30 Å². The zero-order chi connectivity index (χ0) is 15.5. The molecule has 0 fully saturated rings. The molecule has 0 saturated heterocycles. The van der Waals surface area contributed by atoms with Crippen LogP contribution in [0.4, 0.5) is 4.39 Å². The van der Waals surface area contributed by atoms with E-state index in [-0.39, 0.29) is 10.8 Å². The number of imidazole rings is 1. The average Bonchev–Trinajstić information content (AvgIpc) is 2.83. The monoisotopic (exact) mass is 323 g/mol. The van der Waals surface area contributed by atoms with Crippen LogP contribution >= 0.6 is 11.6 Å². The predicted molar refractivity (Wildman–Crippen MR) is 83.1 cm³/mol. The van der Waals surface area contributed by atoms with Gasteiger partial charge in [-0.15, -0.1) is 0 Å². The molecule has 0 saturated carbocycles. The Kier molecular flexibility index (Phi) is 4.76. The molecular weight excluding hydrogens is 305 g/mol. The fourth-order valence-electron chi connectivity index (χ4n) is 3.00. The second-order valence-corrected chi connectivity index (χ2v) is 6.18. The van der Waals surface area contributed by atoms with E-state index in [4.69, 9.17) is 16.3 Å². The summed E-state index contributed by atoms with van der Waals surface area (Å²) in [6, 6.07) is 5.00. The fraction of sp³-hybridized carbons (Fsp3) is 0.438. The predicted octanol–water partition coefficient (Wildman–Crippen LogP) is 2.95. The van der Waals surface area contributed by atoms with E-state index in [0.29, 0.717) is 19.1 Å². The van der Waals surface area contributed by atoms with Gasteiger partial charge in [0.25, 0.3) is 0 Å². The number of hydrogen-bond donors (Lipinski definition) is 0. The fourth-order valence-corrected chi connectivity index (χ4v) is 3.11. The molecule has 3 rings (SSSR count). The molecule has 4 nitrogen and oxygen atoms in total. The summed E-state index contributed by atoms with van der Waals surface area (Å²) in [5.74, 6) is 0.0186. The van der Waals surface area contributed by atoms with Gasteiger partial charge in [0, 0.05) is 45.4 Å². The lowest BCUT2D eigenvalue weighted by molar-refractivity contribution is 0.115. The molecule has 118 valence electrons. The molecule has 0 spiro atoms. The summed E-state index contributed by atoms with van der Waals surface area (Å²) < 4.78 is 21.1. The van der Waals surface area contributed by atoms with Gasteiger partial charge >= 0.3 is 0 Å². The van der Waals surface area contributed by atoms with E-state index in [1.807, 2.05) is 18.6 Å². The topological polar surface area (TPSA) is 30.3 Å². The third kappa shape index (κ3) is 3.48. The molecule has 22 heavy (non-hydrogen) atoms. The molecule has 0 radical (unpaired) electrons. The first-order chi connectivity index (χ1) is 10.7. The average molecular weight is 324 g/mol. The van der Waals surface area contributed by atoms with E-state index in [2.05, 4.69) is 14.5 Å². The van der Waals surface area contributed by atoms with E-state index in [1.165, 1.54) is 11.8 Å². The van der Waals surface area contributed by atoms with Crippen LogP contribution in [0.1, 0.15) is 11.3 Å². The molecule has 1 atom stereocenters. The third-order valence-corrected chi connectivity index (χ3v) is 4.25. The Morgan fingerprint density at radius 3 is 3.05 bits per heavy atom. The molecule has 0 bridgehead atoms. The van der Waals surface area contributed by atoms with Crippen LogP contribution in [0.25, 0.3) is 0 Å². The molecule has 0 N–H and O–H groups in total. The van der Waals surface area contributed by atoms with Gasteiger partial charge in [0.05, 0.1) is 23.7 Å². The summed E-state index contributed by atoms with van der Waals surface area (Å²) in [6.07, 6.45) is 3.76. The first-order valence-electron chi connectivity index (χ1n) is 7.30. The van der Waals surface area contributed by atoms with Crippen molar-refractivity contribution in [3.63, 3.8) is 0 Å². The van der Waals surface area contributed by atoms with Gasteiger partial charge in [0.1, 0.15) is 5.82 Å². The molecular formula is C16H19ClFN3O. The molecule has 0 aliphatic carbocycles. The lowest BCUT2D eigenvalue weighted by Crippen LogP contribution is -2.29. The molecule has 1 aliphatic heterocycles. The first-order valence-corrected chi connectivity index (χ1v) is 7.67. The summed E-state index contributed by atoms with van der Waals surface area (Å²) in [7, 11) is 1.72. The van der Waals surface area contributed by atoms with Crippen molar-refractivity contribution in [1.29, 1.82) is 0 Å². The zero-order valence-electron chi connectivity index (χ0n) is 12.5. The Labute approximate surface area is 134 Å². The van der Waals surface area contributed by atoms with E-state index in [9.17, 15) is 4.39 Å². The number of hydrogen-bond acceptors (Lipinski definition) is 3. The van der Waals surface area contributed by atoms with E-state index in [0.717, 1.165) is 25.2 Å². The van der Waals surface area contributed by atoms with Crippen molar-refractivity contribution in [2.24, 2.45) is 5.92 Å². The van der Waals surface area contributed by atoms with Crippen molar-refractivity contribution in [2.45, 2.75) is 19.6 Å². The summed E-state index contributed by atoms with van der Waals surface area (Å²) in [6.45, 7) is 3.97. The molecule has 6 heteroatoms. The minimum atomic E-state index is -0.368. The number of methoxy groups -OCH3 is 1. The van der Waals surface area contributed by atoms with Gasteiger partial charge in [-0.25, -0.2) is 9.37 Å². The molecule has 2 aromatic rings. The highest BCUT2D eigenvalue weighted by atomic mass is 35.5. The quantitative estimate of drug-likeness (QED) is 0.866. The Morgan fingerprint density at radius 2 is 2.27 bits per heavy atom. The zero-order valence-corrected chi connectivity index (χ0v) is 13.3. The van der Waals surface area contributed by atoms with Crippen LogP contribution < -0.4 is 0 Å². The number of halogens is 2. The van der Waals surface area contributed by atoms with Crippen molar-refractivity contribution in [1.82, 2.24) is 14.5 Å². The van der Waals surface area contributed by atoms with E-state index < -0.39 is 0 Å². The van der Waals surface area contributed by atoms with Gasteiger partial charge in [-0.05, 0) is 17.7 Å². The number of rotatable bonds is 4. The number of ether oxygens (including phenoxy) is 1. The molecule has 1 aromatic carbocycles. The largest absolute Gasteiger partial charge is 0.384 e. The van der Waals surface area contributed by atoms with Gasteiger partial charge in [-0.2, -0.15) is 0 Å². The summed E-state index contributed by atoms with van der Waals surface area (Å²) in [4.78, 5) is 6.52. The maximum atomic E-state index is 13.6. The maximum absolute atomic E-state index is 13.6. The van der Waals surface area contributed by atoms with Crippen molar-refractivity contribution >= 4 is 11.6 Å². The first kappa shape index (κ1) is 15.5. The Balaban J connectivity index is 1.78. The van der Waals surface area contributed by atoms with Crippen LogP contribution in [0.5, 0.6) is 0 Å². The van der Waals surface area contributed by atoms with Crippen LogP contribution in [0.2, 0.25) is 5.02 Å². The normalized spacial score (nSPS) is 19.0. The van der Waals surface area contributed by atoms with Crippen molar-refractivity contribution in [2.75, 3.05) is 20.3 Å². The Bertz CT molecular complexity index is 646. The van der Waals surface area contributed by atoms with Crippen molar-refractivity contribution < 1.29 is 9.13 Å². The molecule has 1 aliphatic rings. The van der Waals surface area contributed by atoms with Gasteiger partial charge in [0.15, 0.2) is 0 Å². The number of aromatic nitrogens is 2. The summed E-state index contributed by atoms with van der Waals surface area (Å²) >= 11 is 5.75. The van der Waals surface area contributed by atoms with Crippen LogP contribution in [0, 0.1) is 11.7 Å². The van der Waals surface area contributed by atoms with Crippen molar-refractivity contribution in [3.05, 3.63) is 52.8 Å². The molecule has 0 unspecified atom stereocenters. The standard InChI is InChI=1S/C16H19ClFN3O/c1-22-10-13-7-20(9-14-5-19-11-21(14)8-13)6-12-2-3-15(17)16(18)4-12/h2-5,11,13H,6-10H2,1H3/t13-/m1/s1. The smallest absolute Gasteiger partial charge is 0.142 e. The highest BCUT2D eigenvalue weighted by Crippen LogP contribution is 2.21.